The van der Waals surface area contributed by atoms with Crippen LogP contribution in [0.15, 0.2) is 18.2 Å². The molecular weight excluding hydrogens is 243 g/mol. The number of benzene rings is 1. The summed E-state index contributed by atoms with van der Waals surface area (Å²) in [5.41, 5.74) is 0.559. The normalized spacial score (nSPS) is 12.6. The molecule has 0 aliphatic heterocycles. The average molecular weight is 256 g/mol. The van der Waals surface area contributed by atoms with Gasteiger partial charge in [-0.05, 0) is 43.8 Å². The number of aromatic nitrogens is 1. The van der Waals surface area contributed by atoms with Gasteiger partial charge in [0.15, 0.2) is 0 Å². The van der Waals surface area contributed by atoms with E-state index >= 15 is 0 Å². The Morgan fingerprint density at radius 2 is 2.12 bits per heavy atom. The maximum Gasteiger partial charge on any atom is 0.230 e. The van der Waals surface area contributed by atoms with Crippen molar-refractivity contribution >= 4 is 21.6 Å². The lowest BCUT2D eigenvalue weighted by Gasteiger charge is -2.27. The van der Waals surface area contributed by atoms with Crippen molar-refractivity contribution in [2.24, 2.45) is 0 Å². The highest BCUT2D eigenvalue weighted by Gasteiger charge is 2.28. The third-order valence-electron chi connectivity index (χ3n) is 2.63. The van der Waals surface area contributed by atoms with Gasteiger partial charge in [-0.2, -0.15) is 4.37 Å². The number of fused-ring (bicyclic) bond motifs is 1. The molecule has 17 heavy (non-hydrogen) atoms. The summed E-state index contributed by atoms with van der Waals surface area (Å²) in [4.78, 5) is 1.29. The topological polar surface area (TPSA) is 56.6 Å². The minimum absolute atomic E-state index is 0.0222. The third kappa shape index (κ3) is 2.44. The van der Waals surface area contributed by atoms with Crippen LogP contribution in [-0.2, 0) is 6.42 Å². The smallest absolute Gasteiger partial charge is 0.230 e. The van der Waals surface area contributed by atoms with Crippen LogP contribution in [0.25, 0.3) is 10.1 Å². The van der Waals surface area contributed by atoms with Gasteiger partial charge in [0.1, 0.15) is 5.82 Å². The first-order valence-electron chi connectivity index (χ1n) is 5.06. The quantitative estimate of drug-likeness (QED) is 0.810. The van der Waals surface area contributed by atoms with Crippen LogP contribution in [0.4, 0.5) is 4.39 Å². The minimum Gasteiger partial charge on any atom is -0.353 e. The lowest BCUT2D eigenvalue weighted by atomic mass is 10.1. The molecule has 2 aromatic rings. The van der Waals surface area contributed by atoms with Gasteiger partial charge in [-0.1, -0.05) is 0 Å². The van der Waals surface area contributed by atoms with Gasteiger partial charge in [-0.25, -0.2) is 4.39 Å². The summed E-state index contributed by atoms with van der Waals surface area (Å²) in [6.07, 6.45) is -0.0222. The zero-order valence-electron chi connectivity index (χ0n) is 9.51. The number of hydrogen-bond donors (Lipinski definition) is 2. The summed E-state index contributed by atoms with van der Waals surface area (Å²) in [6.45, 7) is 0. The van der Waals surface area contributed by atoms with E-state index in [1.165, 1.54) is 17.0 Å². The first-order valence-corrected chi connectivity index (χ1v) is 5.83. The molecule has 0 fully saturated rings. The van der Waals surface area contributed by atoms with E-state index in [9.17, 15) is 14.6 Å². The number of halogens is 1. The first kappa shape index (κ1) is 12.4. The second kappa shape index (κ2) is 4.30. The molecule has 1 aromatic carbocycles. The molecule has 0 aliphatic rings. The minimum atomic E-state index is -1.95. The Kier molecular flexibility index (Phi) is 3.13. The largest absolute Gasteiger partial charge is 0.353 e. The number of nitrogens with zero attached hydrogens (tertiary/aromatic N) is 2. The molecule has 1 heterocycles. The van der Waals surface area contributed by atoms with Crippen molar-refractivity contribution in [1.29, 1.82) is 0 Å². The van der Waals surface area contributed by atoms with Gasteiger partial charge in [0.2, 0.25) is 5.91 Å². The Bertz CT molecular complexity index is 539. The van der Waals surface area contributed by atoms with Crippen molar-refractivity contribution in [1.82, 2.24) is 9.27 Å². The van der Waals surface area contributed by atoms with E-state index in [2.05, 4.69) is 4.37 Å². The SMILES string of the molecule is CN(C)C(O)(O)Cc1nsc2cc(F)ccc12. The summed E-state index contributed by atoms with van der Waals surface area (Å²) in [6, 6.07) is 4.34. The monoisotopic (exact) mass is 256 g/mol. The van der Waals surface area contributed by atoms with Gasteiger partial charge in [-0.3, -0.25) is 4.90 Å². The Balaban J connectivity index is 2.37. The standard InChI is InChI=1S/C11H13FN2O2S/c1-14(2)11(15,16)6-9-8-4-3-7(12)5-10(8)17-13-9/h3-5,15-16H,6H2,1-2H3. The van der Waals surface area contributed by atoms with Gasteiger partial charge in [-0.15, -0.1) is 0 Å². The van der Waals surface area contributed by atoms with Crippen LogP contribution in [0.2, 0.25) is 0 Å². The molecule has 2 rings (SSSR count). The predicted octanol–water partition coefficient (Wildman–Crippen LogP) is 1.18. The van der Waals surface area contributed by atoms with Crippen LogP contribution in [-0.4, -0.2) is 39.5 Å². The van der Waals surface area contributed by atoms with Crippen molar-refractivity contribution in [2.75, 3.05) is 14.1 Å². The van der Waals surface area contributed by atoms with Gasteiger partial charge < -0.3 is 10.2 Å². The fraction of sp³-hybridized carbons (Fsp3) is 0.364. The summed E-state index contributed by atoms with van der Waals surface area (Å²) in [7, 11) is 3.13. The molecule has 0 atom stereocenters. The van der Waals surface area contributed by atoms with Gasteiger partial charge >= 0.3 is 0 Å². The number of aliphatic hydroxyl groups is 2. The molecule has 92 valence electrons. The Hall–Kier alpha value is -1.08. The average Bonchev–Trinajstić information content (AvgIpc) is 2.60. The van der Waals surface area contributed by atoms with E-state index in [4.69, 9.17) is 0 Å². The molecule has 0 spiro atoms. The van der Waals surface area contributed by atoms with Crippen LogP contribution in [0, 0.1) is 5.82 Å². The molecule has 0 radical (unpaired) electrons. The molecule has 0 amide bonds. The van der Waals surface area contributed by atoms with Crippen molar-refractivity contribution in [3.63, 3.8) is 0 Å². The number of likely N-dealkylation sites (N-methyl/N-ethyl adjacent to an activating group) is 1. The van der Waals surface area contributed by atoms with Crippen LogP contribution >= 0.6 is 11.5 Å². The molecule has 0 aliphatic carbocycles. The fourth-order valence-corrected chi connectivity index (χ4v) is 2.29. The van der Waals surface area contributed by atoms with E-state index in [0.717, 1.165) is 16.9 Å². The Morgan fingerprint density at radius 3 is 2.76 bits per heavy atom. The van der Waals surface area contributed by atoms with Crippen molar-refractivity contribution < 1.29 is 14.6 Å². The Labute approximate surface area is 102 Å². The lowest BCUT2D eigenvalue weighted by molar-refractivity contribution is -0.247. The Morgan fingerprint density at radius 1 is 1.41 bits per heavy atom. The summed E-state index contributed by atoms with van der Waals surface area (Å²) in [5.74, 6) is -2.27. The first-order chi connectivity index (χ1) is 7.90. The maximum atomic E-state index is 13.0. The molecule has 1 aromatic heterocycles. The fourth-order valence-electron chi connectivity index (χ4n) is 1.47. The van der Waals surface area contributed by atoms with E-state index < -0.39 is 5.91 Å². The third-order valence-corrected chi connectivity index (χ3v) is 3.48. The zero-order valence-corrected chi connectivity index (χ0v) is 10.3. The van der Waals surface area contributed by atoms with Crippen molar-refractivity contribution in [3.05, 3.63) is 29.7 Å². The van der Waals surface area contributed by atoms with Gasteiger partial charge in [0.25, 0.3) is 0 Å². The highest BCUT2D eigenvalue weighted by molar-refractivity contribution is 7.13. The highest BCUT2D eigenvalue weighted by Crippen LogP contribution is 2.26. The van der Waals surface area contributed by atoms with Crippen LogP contribution in [0.1, 0.15) is 5.69 Å². The summed E-state index contributed by atoms with van der Waals surface area (Å²) >= 11 is 1.15. The lowest BCUT2D eigenvalue weighted by Crippen LogP contribution is -2.45. The molecule has 0 saturated heterocycles. The van der Waals surface area contributed by atoms with E-state index in [0.29, 0.717) is 10.4 Å². The van der Waals surface area contributed by atoms with E-state index in [-0.39, 0.29) is 12.2 Å². The van der Waals surface area contributed by atoms with Gasteiger partial charge in [0, 0.05) is 5.39 Å². The van der Waals surface area contributed by atoms with Crippen LogP contribution < -0.4 is 0 Å². The van der Waals surface area contributed by atoms with Crippen LogP contribution in [0.5, 0.6) is 0 Å². The molecule has 0 unspecified atom stereocenters. The maximum absolute atomic E-state index is 13.0. The van der Waals surface area contributed by atoms with Crippen LogP contribution in [0.3, 0.4) is 0 Å². The molecule has 6 heteroatoms. The second-order valence-electron chi connectivity index (χ2n) is 4.12. The second-order valence-corrected chi connectivity index (χ2v) is 4.92. The molecule has 2 N–H and O–H groups in total. The van der Waals surface area contributed by atoms with Gasteiger partial charge in [0.05, 0.1) is 16.8 Å². The molecule has 4 nitrogen and oxygen atoms in total. The van der Waals surface area contributed by atoms with Crippen molar-refractivity contribution in [3.8, 4) is 0 Å². The molecule has 0 bridgehead atoms. The molecule has 0 saturated carbocycles. The van der Waals surface area contributed by atoms with E-state index in [1.807, 2.05) is 0 Å². The summed E-state index contributed by atoms with van der Waals surface area (Å²) < 4.78 is 17.8. The van der Waals surface area contributed by atoms with E-state index in [1.54, 1.807) is 20.2 Å². The number of rotatable bonds is 3. The highest BCUT2D eigenvalue weighted by atomic mass is 32.1. The van der Waals surface area contributed by atoms with Crippen molar-refractivity contribution in [2.45, 2.75) is 12.3 Å². The zero-order chi connectivity index (χ0) is 12.6. The summed E-state index contributed by atoms with van der Waals surface area (Å²) in [5, 5.41) is 20.3. The number of hydrogen-bond acceptors (Lipinski definition) is 5. The molecular formula is C11H13FN2O2S. The predicted molar refractivity (Wildman–Crippen MR) is 64.1 cm³/mol.